The molecule has 0 amide bonds. The fourth-order valence-electron chi connectivity index (χ4n) is 1.02. The lowest BCUT2D eigenvalue weighted by molar-refractivity contribution is 0.913. The summed E-state index contributed by atoms with van der Waals surface area (Å²) >= 11 is 5.38. The Kier molecular flexibility index (Phi) is 5.56. The van der Waals surface area contributed by atoms with Crippen LogP contribution in [0.2, 0.25) is 0 Å². The van der Waals surface area contributed by atoms with Crippen LogP contribution in [0.15, 0.2) is 29.2 Å². The SMILES string of the molecule is Cc1ccc(SCCCCBr)cc1. The molecule has 0 radical (unpaired) electrons. The van der Waals surface area contributed by atoms with E-state index < -0.39 is 0 Å². The molecule has 0 bridgehead atoms. The standard InChI is InChI=1S/C11H15BrS/c1-10-4-6-11(7-5-10)13-9-3-2-8-12/h4-7H,2-3,8-9H2,1H3. The molecule has 0 atom stereocenters. The molecule has 0 aliphatic heterocycles. The largest absolute Gasteiger partial charge is 0.126 e. The maximum atomic E-state index is 3.44. The van der Waals surface area contributed by atoms with E-state index in [-0.39, 0.29) is 0 Å². The number of alkyl halides is 1. The number of hydrogen-bond donors (Lipinski definition) is 0. The first kappa shape index (κ1) is 11.1. The van der Waals surface area contributed by atoms with Crippen LogP contribution in [-0.4, -0.2) is 11.1 Å². The molecule has 0 aliphatic carbocycles. The van der Waals surface area contributed by atoms with Crippen molar-refractivity contribution in [3.05, 3.63) is 29.8 Å². The molecular weight excluding hydrogens is 244 g/mol. The van der Waals surface area contributed by atoms with Crippen LogP contribution in [-0.2, 0) is 0 Å². The third kappa shape index (κ3) is 4.72. The molecule has 0 saturated heterocycles. The van der Waals surface area contributed by atoms with Gasteiger partial charge in [-0.25, -0.2) is 0 Å². The van der Waals surface area contributed by atoms with Gasteiger partial charge in [0.15, 0.2) is 0 Å². The van der Waals surface area contributed by atoms with Crippen molar-refractivity contribution in [3.8, 4) is 0 Å². The zero-order chi connectivity index (χ0) is 9.52. The minimum absolute atomic E-state index is 1.13. The number of unbranched alkanes of at least 4 members (excludes halogenated alkanes) is 1. The van der Waals surface area contributed by atoms with E-state index in [2.05, 4.69) is 47.1 Å². The zero-order valence-corrected chi connectivity index (χ0v) is 10.3. The summed E-state index contributed by atoms with van der Waals surface area (Å²) in [6.07, 6.45) is 2.57. The van der Waals surface area contributed by atoms with E-state index >= 15 is 0 Å². The summed E-state index contributed by atoms with van der Waals surface area (Å²) in [6, 6.07) is 8.75. The molecule has 0 N–H and O–H groups in total. The molecule has 0 spiro atoms. The number of thioether (sulfide) groups is 1. The molecule has 72 valence electrons. The molecular formula is C11H15BrS. The highest BCUT2D eigenvalue weighted by molar-refractivity contribution is 9.09. The zero-order valence-electron chi connectivity index (χ0n) is 7.92. The Bertz CT molecular complexity index is 230. The van der Waals surface area contributed by atoms with Gasteiger partial charge in [-0.1, -0.05) is 33.6 Å². The summed E-state index contributed by atoms with van der Waals surface area (Å²) in [6.45, 7) is 2.12. The smallest absolute Gasteiger partial charge is 0.00721 e. The first-order valence-corrected chi connectivity index (χ1v) is 6.69. The Hall–Kier alpha value is 0.0500. The van der Waals surface area contributed by atoms with E-state index in [1.807, 2.05) is 11.8 Å². The Morgan fingerprint density at radius 2 is 1.85 bits per heavy atom. The monoisotopic (exact) mass is 258 g/mol. The van der Waals surface area contributed by atoms with Crippen LogP contribution in [0.25, 0.3) is 0 Å². The summed E-state index contributed by atoms with van der Waals surface area (Å²) < 4.78 is 0. The molecule has 0 aromatic heterocycles. The van der Waals surface area contributed by atoms with Crippen LogP contribution < -0.4 is 0 Å². The maximum Gasteiger partial charge on any atom is 0.00721 e. The molecule has 1 rings (SSSR count). The summed E-state index contributed by atoms with van der Waals surface area (Å²) in [5.74, 6) is 1.23. The molecule has 1 aromatic rings. The predicted octanol–water partition coefficient (Wildman–Crippen LogP) is 4.26. The average Bonchev–Trinajstić information content (AvgIpc) is 2.15. The Morgan fingerprint density at radius 3 is 2.46 bits per heavy atom. The first-order chi connectivity index (χ1) is 6.33. The van der Waals surface area contributed by atoms with Crippen LogP contribution in [0, 0.1) is 6.92 Å². The van der Waals surface area contributed by atoms with Crippen LogP contribution in [0.4, 0.5) is 0 Å². The Morgan fingerprint density at radius 1 is 1.15 bits per heavy atom. The fourth-order valence-corrected chi connectivity index (χ4v) is 2.33. The Balaban J connectivity index is 2.25. The van der Waals surface area contributed by atoms with Gasteiger partial charge in [0.25, 0.3) is 0 Å². The second-order valence-electron chi connectivity index (χ2n) is 3.06. The lowest BCUT2D eigenvalue weighted by atomic mass is 10.2. The van der Waals surface area contributed by atoms with Crippen LogP contribution in [0.5, 0.6) is 0 Å². The molecule has 0 saturated carbocycles. The van der Waals surface area contributed by atoms with Gasteiger partial charge in [0, 0.05) is 10.2 Å². The van der Waals surface area contributed by atoms with Crippen molar-refractivity contribution < 1.29 is 0 Å². The van der Waals surface area contributed by atoms with E-state index in [0.29, 0.717) is 0 Å². The number of hydrogen-bond acceptors (Lipinski definition) is 1. The number of benzene rings is 1. The molecule has 0 fully saturated rings. The second kappa shape index (κ2) is 6.50. The van der Waals surface area contributed by atoms with Crippen LogP contribution >= 0.6 is 27.7 Å². The predicted molar refractivity (Wildman–Crippen MR) is 64.9 cm³/mol. The molecule has 2 heteroatoms. The number of aryl methyl sites for hydroxylation is 1. The summed E-state index contributed by atoms with van der Waals surface area (Å²) in [7, 11) is 0. The lowest BCUT2D eigenvalue weighted by Crippen LogP contribution is -1.81. The summed E-state index contributed by atoms with van der Waals surface area (Å²) in [4.78, 5) is 1.39. The van der Waals surface area contributed by atoms with Gasteiger partial charge in [-0.3, -0.25) is 0 Å². The van der Waals surface area contributed by atoms with Gasteiger partial charge in [0.05, 0.1) is 0 Å². The first-order valence-electron chi connectivity index (χ1n) is 4.58. The minimum atomic E-state index is 1.13. The third-order valence-electron chi connectivity index (χ3n) is 1.82. The van der Waals surface area contributed by atoms with Gasteiger partial charge in [0.2, 0.25) is 0 Å². The second-order valence-corrected chi connectivity index (χ2v) is 5.02. The van der Waals surface area contributed by atoms with E-state index in [0.717, 1.165) is 5.33 Å². The highest BCUT2D eigenvalue weighted by atomic mass is 79.9. The van der Waals surface area contributed by atoms with Crippen molar-refractivity contribution in [2.45, 2.75) is 24.7 Å². The molecule has 13 heavy (non-hydrogen) atoms. The molecule has 0 nitrogen and oxygen atoms in total. The van der Waals surface area contributed by atoms with Crippen molar-refractivity contribution in [2.24, 2.45) is 0 Å². The highest BCUT2D eigenvalue weighted by Gasteiger charge is 1.92. The van der Waals surface area contributed by atoms with E-state index in [1.165, 1.54) is 29.1 Å². The maximum absolute atomic E-state index is 3.44. The number of halogens is 1. The van der Waals surface area contributed by atoms with Gasteiger partial charge < -0.3 is 0 Å². The van der Waals surface area contributed by atoms with Gasteiger partial charge in [0.1, 0.15) is 0 Å². The van der Waals surface area contributed by atoms with Crippen molar-refractivity contribution >= 4 is 27.7 Å². The van der Waals surface area contributed by atoms with E-state index in [1.54, 1.807) is 0 Å². The normalized spacial score (nSPS) is 10.3. The summed E-state index contributed by atoms with van der Waals surface area (Å²) in [5, 5.41) is 1.13. The average molecular weight is 259 g/mol. The van der Waals surface area contributed by atoms with Crippen LogP contribution in [0.1, 0.15) is 18.4 Å². The summed E-state index contributed by atoms with van der Waals surface area (Å²) in [5.41, 5.74) is 1.34. The van der Waals surface area contributed by atoms with Gasteiger partial charge in [-0.2, -0.15) is 0 Å². The highest BCUT2D eigenvalue weighted by Crippen LogP contribution is 2.19. The quantitative estimate of drug-likeness (QED) is 0.432. The topological polar surface area (TPSA) is 0 Å². The van der Waals surface area contributed by atoms with Crippen molar-refractivity contribution in [1.29, 1.82) is 0 Å². The molecule has 0 aliphatic rings. The fraction of sp³-hybridized carbons (Fsp3) is 0.455. The van der Waals surface area contributed by atoms with Crippen molar-refractivity contribution in [1.82, 2.24) is 0 Å². The van der Waals surface area contributed by atoms with Crippen molar-refractivity contribution in [3.63, 3.8) is 0 Å². The molecule has 0 unspecified atom stereocenters. The van der Waals surface area contributed by atoms with Crippen molar-refractivity contribution in [2.75, 3.05) is 11.1 Å². The minimum Gasteiger partial charge on any atom is -0.126 e. The third-order valence-corrected chi connectivity index (χ3v) is 3.48. The molecule has 0 heterocycles. The number of rotatable bonds is 5. The van der Waals surface area contributed by atoms with E-state index in [4.69, 9.17) is 0 Å². The van der Waals surface area contributed by atoms with Gasteiger partial charge in [-0.15, -0.1) is 11.8 Å². The lowest BCUT2D eigenvalue weighted by Gasteiger charge is -2.00. The molecule has 1 aromatic carbocycles. The van der Waals surface area contributed by atoms with E-state index in [9.17, 15) is 0 Å². The van der Waals surface area contributed by atoms with Gasteiger partial charge >= 0.3 is 0 Å². The Labute approximate surface area is 93.2 Å². The van der Waals surface area contributed by atoms with Gasteiger partial charge in [-0.05, 0) is 37.7 Å². The van der Waals surface area contributed by atoms with Crippen LogP contribution in [0.3, 0.4) is 0 Å².